The Morgan fingerprint density at radius 2 is 1.58 bits per heavy atom. The van der Waals surface area contributed by atoms with Gasteiger partial charge in [-0.15, -0.1) is 0 Å². The van der Waals surface area contributed by atoms with Crippen LogP contribution in [0.15, 0.2) is 30.4 Å². The van der Waals surface area contributed by atoms with E-state index in [4.69, 9.17) is 24.5 Å². The molecular formula is C16H24N2O6. The largest absolute Gasteiger partial charge is 0.465 e. The predicted octanol–water partition coefficient (Wildman–Crippen LogP) is 2.21. The summed E-state index contributed by atoms with van der Waals surface area (Å²) >= 11 is 0. The average molecular weight is 340 g/mol. The Labute approximate surface area is 140 Å². The zero-order chi connectivity index (χ0) is 19.3. The number of ether oxygens (including phenoxy) is 1. The normalized spacial score (nSPS) is 8.62. The zero-order valence-corrected chi connectivity index (χ0v) is 14.0. The fourth-order valence-electron chi connectivity index (χ4n) is 1.46. The maximum atomic E-state index is 11.2. The highest BCUT2D eigenvalue weighted by atomic mass is 16.5. The molecular weight excluding hydrogens is 316 g/mol. The van der Waals surface area contributed by atoms with Crippen molar-refractivity contribution in [2.45, 2.75) is 27.2 Å². The van der Waals surface area contributed by atoms with Crippen LogP contribution in [0.4, 0.5) is 9.59 Å². The molecule has 0 saturated heterocycles. The molecule has 1 aromatic carbocycles. The van der Waals surface area contributed by atoms with Crippen LogP contribution in [-0.2, 0) is 16.0 Å². The Bertz CT molecular complexity index is 564. The average Bonchev–Trinajstić information content (AvgIpc) is 2.42. The van der Waals surface area contributed by atoms with Crippen LogP contribution in [0, 0.1) is 13.8 Å². The lowest BCUT2D eigenvalue weighted by molar-refractivity contribution is -0.138. The van der Waals surface area contributed by atoms with Gasteiger partial charge in [-0.3, -0.25) is 0 Å². The van der Waals surface area contributed by atoms with Crippen molar-refractivity contribution in [2.24, 2.45) is 11.5 Å². The second-order valence-electron chi connectivity index (χ2n) is 4.70. The van der Waals surface area contributed by atoms with Crippen LogP contribution in [-0.4, -0.2) is 35.0 Å². The van der Waals surface area contributed by atoms with E-state index in [9.17, 15) is 4.79 Å². The minimum Gasteiger partial charge on any atom is -0.465 e. The Hall–Kier alpha value is -3.03. The Morgan fingerprint density at radius 3 is 2.00 bits per heavy atom. The Balaban J connectivity index is 0. The van der Waals surface area contributed by atoms with Gasteiger partial charge in [0.15, 0.2) is 0 Å². The molecule has 0 aromatic heterocycles. The van der Waals surface area contributed by atoms with Crippen LogP contribution in [0.3, 0.4) is 0 Å². The van der Waals surface area contributed by atoms with Gasteiger partial charge in [0.1, 0.15) is 0 Å². The van der Waals surface area contributed by atoms with E-state index in [1.165, 1.54) is 16.7 Å². The molecule has 0 atom stereocenters. The molecule has 0 saturated carbocycles. The van der Waals surface area contributed by atoms with Gasteiger partial charge in [-0.25, -0.2) is 14.4 Å². The van der Waals surface area contributed by atoms with E-state index < -0.39 is 12.2 Å². The number of esters is 1. The van der Waals surface area contributed by atoms with Crippen LogP contribution >= 0.6 is 0 Å². The van der Waals surface area contributed by atoms with Crippen molar-refractivity contribution < 1.29 is 29.3 Å². The number of nitrogens with two attached hydrogens (primary N) is 2. The van der Waals surface area contributed by atoms with Crippen molar-refractivity contribution >= 4 is 18.2 Å². The summed E-state index contributed by atoms with van der Waals surface area (Å²) in [4.78, 5) is 28.7. The summed E-state index contributed by atoms with van der Waals surface area (Å²) < 4.78 is 5.06. The van der Waals surface area contributed by atoms with Gasteiger partial charge in [0.05, 0.1) is 6.61 Å². The first-order chi connectivity index (χ1) is 11.0. The third-order valence-electron chi connectivity index (χ3n) is 2.67. The van der Waals surface area contributed by atoms with Crippen LogP contribution in [0.1, 0.15) is 23.6 Å². The van der Waals surface area contributed by atoms with Crippen LogP contribution in [0.25, 0.3) is 0 Å². The van der Waals surface area contributed by atoms with Gasteiger partial charge >= 0.3 is 18.2 Å². The molecule has 0 heterocycles. The van der Waals surface area contributed by atoms with E-state index in [0.29, 0.717) is 12.2 Å². The third kappa shape index (κ3) is 13.9. The predicted molar refractivity (Wildman–Crippen MR) is 89.8 cm³/mol. The van der Waals surface area contributed by atoms with Crippen molar-refractivity contribution in [1.29, 1.82) is 0 Å². The van der Waals surface area contributed by atoms with E-state index >= 15 is 0 Å². The molecule has 8 nitrogen and oxygen atoms in total. The minimum atomic E-state index is -1.33. The fraction of sp³-hybridized carbons (Fsp3) is 0.312. The summed E-state index contributed by atoms with van der Waals surface area (Å²) in [7, 11) is 0. The highest BCUT2D eigenvalue weighted by molar-refractivity contribution is 5.86. The van der Waals surface area contributed by atoms with E-state index in [-0.39, 0.29) is 5.97 Å². The van der Waals surface area contributed by atoms with Crippen molar-refractivity contribution in [3.05, 3.63) is 47.0 Å². The Kier molecular flexibility index (Phi) is 12.1. The van der Waals surface area contributed by atoms with Crippen molar-refractivity contribution in [2.75, 3.05) is 6.61 Å². The second-order valence-corrected chi connectivity index (χ2v) is 4.70. The number of carboxylic acid groups (broad SMARTS) is 2. The summed E-state index contributed by atoms with van der Waals surface area (Å²) in [5.74, 6) is -0.315. The van der Waals surface area contributed by atoms with Crippen molar-refractivity contribution in [3.63, 3.8) is 0 Å². The van der Waals surface area contributed by atoms with Gasteiger partial charge in [0, 0.05) is 12.0 Å². The topological polar surface area (TPSA) is 153 Å². The van der Waals surface area contributed by atoms with Gasteiger partial charge < -0.3 is 26.4 Å². The lowest BCUT2D eigenvalue weighted by atomic mass is 10.0. The molecule has 1 rings (SSSR count). The van der Waals surface area contributed by atoms with Gasteiger partial charge in [-0.2, -0.15) is 0 Å². The molecule has 0 aliphatic heterocycles. The standard InChI is InChI=1S/C14H18O2.2CH3NO2/c1-10(2)14(15)16-9-8-13-7-5-6-11(3)12(13)4;2*2-1(3)4/h5-7H,1,8-9H2,2-4H3;2*2H2,(H,3,4). The summed E-state index contributed by atoms with van der Waals surface area (Å²) in [6.07, 6.45) is -1.91. The second kappa shape index (κ2) is 12.5. The zero-order valence-electron chi connectivity index (χ0n) is 14.0. The van der Waals surface area contributed by atoms with Crippen LogP contribution < -0.4 is 11.5 Å². The SMILES string of the molecule is C=C(C)C(=O)OCCc1cccc(C)c1C.NC(=O)O.NC(=O)O. The number of amides is 2. The number of aryl methyl sites for hydroxylation is 1. The first kappa shape index (κ1) is 23.2. The third-order valence-corrected chi connectivity index (χ3v) is 2.67. The van der Waals surface area contributed by atoms with E-state index in [0.717, 1.165) is 6.42 Å². The van der Waals surface area contributed by atoms with Gasteiger partial charge in [-0.1, -0.05) is 24.8 Å². The number of carbonyl (C=O) groups excluding carboxylic acids is 1. The van der Waals surface area contributed by atoms with E-state index in [1.54, 1.807) is 6.92 Å². The van der Waals surface area contributed by atoms with E-state index in [2.05, 4.69) is 44.0 Å². The minimum absolute atomic E-state index is 0.315. The molecule has 6 N–H and O–H groups in total. The number of carbonyl (C=O) groups is 3. The van der Waals surface area contributed by atoms with Crippen molar-refractivity contribution in [1.82, 2.24) is 0 Å². The molecule has 134 valence electrons. The van der Waals surface area contributed by atoms with Gasteiger partial charge in [0.2, 0.25) is 0 Å². The number of hydrogen-bond donors (Lipinski definition) is 4. The maximum Gasteiger partial charge on any atom is 0.402 e. The summed E-state index contributed by atoms with van der Waals surface area (Å²) in [6, 6.07) is 6.17. The number of rotatable bonds is 4. The van der Waals surface area contributed by atoms with E-state index in [1.807, 2.05) is 6.07 Å². The molecule has 0 bridgehead atoms. The quantitative estimate of drug-likeness (QED) is 0.487. The van der Waals surface area contributed by atoms with Gasteiger partial charge in [0.25, 0.3) is 0 Å². The molecule has 24 heavy (non-hydrogen) atoms. The van der Waals surface area contributed by atoms with Crippen molar-refractivity contribution in [3.8, 4) is 0 Å². The molecule has 0 spiro atoms. The number of primary amides is 2. The van der Waals surface area contributed by atoms with Crippen LogP contribution in [0.5, 0.6) is 0 Å². The molecule has 0 radical (unpaired) electrons. The number of benzene rings is 1. The summed E-state index contributed by atoms with van der Waals surface area (Å²) in [6.45, 7) is 9.77. The maximum absolute atomic E-state index is 11.2. The first-order valence-electron chi connectivity index (χ1n) is 6.83. The monoisotopic (exact) mass is 340 g/mol. The first-order valence-corrected chi connectivity index (χ1v) is 6.83. The molecule has 0 aliphatic carbocycles. The van der Waals surface area contributed by atoms with Crippen LogP contribution in [0.2, 0.25) is 0 Å². The fourth-order valence-corrected chi connectivity index (χ4v) is 1.46. The summed E-state index contributed by atoms with van der Waals surface area (Å²) in [5.41, 5.74) is 12.3. The van der Waals surface area contributed by atoms with Gasteiger partial charge in [-0.05, 0) is 37.5 Å². The highest BCUT2D eigenvalue weighted by Crippen LogP contribution is 2.13. The Morgan fingerprint density at radius 1 is 1.12 bits per heavy atom. The lowest BCUT2D eigenvalue weighted by Gasteiger charge is -2.09. The molecule has 0 fully saturated rings. The summed E-state index contributed by atoms with van der Waals surface area (Å²) in [5, 5.41) is 14.4. The molecule has 1 aromatic rings. The lowest BCUT2D eigenvalue weighted by Crippen LogP contribution is -2.08. The highest BCUT2D eigenvalue weighted by Gasteiger charge is 2.04. The molecule has 8 heteroatoms. The number of hydrogen-bond acceptors (Lipinski definition) is 4. The molecule has 2 amide bonds. The molecule has 0 unspecified atom stereocenters. The molecule has 0 aliphatic rings. The smallest absolute Gasteiger partial charge is 0.402 e.